The third kappa shape index (κ3) is 4.29. The maximum absolute atomic E-state index is 10.8. The van der Waals surface area contributed by atoms with E-state index in [1.807, 2.05) is 41.3 Å². The molecule has 2 aliphatic heterocycles. The number of hydrogen-bond donors (Lipinski definition) is 2. The first-order valence-corrected chi connectivity index (χ1v) is 13.3. The molecule has 2 atom stereocenters. The Morgan fingerprint density at radius 3 is 2.37 bits per heavy atom. The molecule has 2 aliphatic rings. The number of ether oxygens (including phenoxy) is 1. The Morgan fingerprint density at radius 2 is 1.66 bits per heavy atom. The largest absolute Gasteiger partial charge is 0.506 e. The Kier molecular flexibility index (Phi) is 6.51. The summed E-state index contributed by atoms with van der Waals surface area (Å²) in [4.78, 5) is 9.05. The molecule has 0 radical (unpaired) electrons. The SMILES string of the molecule is Cc1cc([C@@H]2[C@@H](c3ccccn3)NC(=S)N2c2ccccc2O)c(C)n1-c1ccc(N2CCOCC2)cc1. The third-order valence-electron chi connectivity index (χ3n) is 7.51. The highest BCUT2D eigenvalue weighted by Gasteiger charge is 2.43. The van der Waals surface area contributed by atoms with Gasteiger partial charge in [-0.15, -0.1) is 0 Å². The average molecular weight is 526 g/mol. The summed E-state index contributed by atoms with van der Waals surface area (Å²) in [6.07, 6.45) is 1.80. The number of phenols is 1. The summed E-state index contributed by atoms with van der Waals surface area (Å²) in [6, 6.07) is 23.9. The number of aryl methyl sites for hydroxylation is 1. The maximum atomic E-state index is 10.8. The second kappa shape index (κ2) is 10.1. The van der Waals surface area contributed by atoms with Crippen LogP contribution < -0.4 is 15.1 Å². The molecule has 4 aromatic rings. The van der Waals surface area contributed by atoms with Gasteiger partial charge >= 0.3 is 0 Å². The number of benzene rings is 2. The molecule has 194 valence electrons. The van der Waals surface area contributed by atoms with Gasteiger partial charge in [0.1, 0.15) is 5.75 Å². The number of anilines is 2. The van der Waals surface area contributed by atoms with Gasteiger partial charge in [-0.25, -0.2) is 0 Å². The number of nitrogens with zero attached hydrogens (tertiary/aromatic N) is 4. The van der Waals surface area contributed by atoms with Gasteiger partial charge < -0.3 is 29.5 Å². The number of hydrogen-bond acceptors (Lipinski definition) is 5. The molecule has 0 amide bonds. The number of phenolic OH excluding ortho intramolecular Hbond substituents is 1. The van der Waals surface area contributed by atoms with E-state index < -0.39 is 0 Å². The highest BCUT2D eigenvalue weighted by Crippen LogP contribution is 2.45. The number of para-hydroxylation sites is 2. The smallest absolute Gasteiger partial charge is 0.174 e. The van der Waals surface area contributed by atoms with Gasteiger partial charge in [0.05, 0.1) is 36.7 Å². The first kappa shape index (κ1) is 24.5. The van der Waals surface area contributed by atoms with E-state index in [1.54, 1.807) is 12.3 Å². The molecule has 2 aromatic carbocycles. The van der Waals surface area contributed by atoms with Crippen LogP contribution in [0.2, 0.25) is 0 Å². The molecule has 0 spiro atoms. The third-order valence-corrected chi connectivity index (χ3v) is 7.83. The van der Waals surface area contributed by atoms with E-state index in [4.69, 9.17) is 17.0 Å². The number of nitrogens with one attached hydrogen (secondary N) is 1. The Morgan fingerprint density at radius 1 is 0.947 bits per heavy atom. The van der Waals surface area contributed by atoms with Crippen LogP contribution in [0.5, 0.6) is 5.75 Å². The lowest BCUT2D eigenvalue weighted by atomic mass is 9.96. The second-order valence-electron chi connectivity index (χ2n) is 9.76. The molecule has 0 unspecified atom stereocenters. The van der Waals surface area contributed by atoms with Gasteiger partial charge in [0.2, 0.25) is 0 Å². The molecule has 0 bridgehead atoms. The van der Waals surface area contributed by atoms with Crippen LogP contribution in [-0.4, -0.2) is 46.1 Å². The molecule has 7 nitrogen and oxygen atoms in total. The molecular formula is C30H31N5O2S. The zero-order valence-electron chi connectivity index (χ0n) is 21.5. The van der Waals surface area contributed by atoms with Crippen molar-refractivity contribution in [3.8, 4) is 11.4 Å². The van der Waals surface area contributed by atoms with Crippen LogP contribution in [0.1, 0.15) is 34.7 Å². The van der Waals surface area contributed by atoms with Crippen molar-refractivity contribution in [1.82, 2.24) is 14.9 Å². The fourth-order valence-corrected chi connectivity index (χ4v) is 6.06. The number of aromatic nitrogens is 2. The minimum absolute atomic E-state index is 0.180. The van der Waals surface area contributed by atoms with E-state index in [0.717, 1.165) is 54.6 Å². The lowest BCUT2D eigenvalue weighted by Crippen LogP contribution is -2.36. The molecule has 4 heterocycles. The monoisotopic (exact) mass is 525 g/mol. The fraction of sp³-hybridized carbons (Fsp3) is 0.267. The van der Waals surface area contributed by atoms with Gasteiger partial charge in [0.25, 0.3) is 0 Å². The zero-order chi connectivity index (χ0) is 26.2. The van der Waals surface area contributed by atoms with Crippen LogP contribution in [0.15, 0.2) is 79.0 Å². The van der Waals surface area contributed by atoms with Crippen LogP contribution >= 0.6 is 12.2 Å². The first-order valence-electron chi connectivity index (χ1n) is 12.9. The minimum atomic E-state index is -0.196. The van der Waals surface area contributed by atoms with Crippen LogP contribution in [0.4, 0.5) is 11.4 Å². The Bertz CT molecular complexity index is 1450. The van der Waals surface area contributed by atoms with Crippen molar-refractivity contribution >= 4 is 28.7 Å². The number of pyridine rings is 1. The maximum Gasteiger partial charge on any atom is 0.174 e. The highest BCUT2D eigenvalue weighted by atomic mass is 32.1. The summed E-state index contributed by atoms with van der Waals surface area (Å²) in [7, 11) is 0. The predicted molar refractivity (Wildman–Crippen MR) is 154 cm³/mol. The number of rotatable bonds is 5. The van der Waals surface area contributed by atoms with Crippen molar-refractivity contribution in [3.63, 3.8) is 0 Å². The van der Waals surface area contributed by atoms with Crippen molar-refractivity contribution in [2.45, 2.75) is 25.9 Å². The van der Waals surface area contributed by atoms with Crippen LogP contribution in [0, 0.1) is 13.8 Å². The van der Waals surface area contributed by atoms with Crippen LogP contribution in [0.3, 0.4) is 0 Å². The van der Waals surface area contributed by atoms with Crippen LogP contribution in [0.25, 0.3) is 5.69 Å². The highest BCUT2D eigenvalue weighted by molar-refractivity contribution is 7.80. The molecule has 2 N–H and O–H groups in total. The van der Waals surface area contributed by atoms with Crippen molar-refractivity contribution < 1.29 is 9.84 Å². The van der Waals surface area contributed by atoms with Gasteiger partial charge in [0.15, 0.2) is 5.11 Å². The number of aromatic hydroxyl groups is 1. The topological polar surface area (TPSA) is 65.8 Å². The quantitative estimate of drug-likeness (QED) is 0.347. The Balaban J connectivity index is 1.43. The van der Waals surface area contributed by atoms with E-state index in [2.05, 4.69) is 63.9 Å². The summed E-state index contributed by atoms with van der Waals surface area (Å²) in [5.74, 6) is 0.191. The first-order chi connectivity index (χ1) is 18.5. The van der Waals surface area contributed by atoms with E-state index >= 15 is 0 Å². The van der Waals surface area contributed by atoms with E-state index in [1.165, 1.54) is 5.69 Å². The zero-order valence-corrected chi connectivity index (χ0v) is 22.4. The molecule has 2 aromatic heterocycles. The molecule has 6 rings (SSSR count). The number of thiocarbonyl (C=S) groups is 1. The van der Waals surface area contributed by atoms with Gasteiger partial charge in [0, 0.05) is 42.0 Å². The van der Waals surface area contributed by atoms with Gasteiger partial charge in [-0.2, -0.15) is 0 Å². The lowest BCUT2D eigenvalue weighted by molar-refractivity contribution is 0.122. The van der Waals surface area contributed by atoms with Crippen molar-refractivity contribution in [3.05, 3.63) is 102 Å². The minimum Gasteiger partial charge on any atom is -0.506 e. The molecule has 2 saturated heterocycles. The normalized spacial score (nSPS) is 19.6. The molecular weight excluding hydrogens is 494 g/mol. The van der Waals surface area contributed by atoms with E-state index in [0.29, 0.717) is 10.8 Å². The second-order valence-corrected chi connectivity index (χ2v) is 10.1. The average Bonchev–Trinajstić information content (AvgIpc) is 3.44. The summed E-state index contributed by atoms with van der Waals surface area (Å²) in [6.45, 7) is 7.64. The summed E-state index contributed by atoms with van der Waals surface area (Å²) in [5.41, 5.74) is 7.29. The molecule has 0 saturated carbocycles. The van der Waals surface area contributed by atoms with Gasteiger partial charge in [-0.3, -0.25) is 4.98 Å². The summed E-state index contributed by atoms with van der Waals surface area (Å²) < 4.78 is 7.80. The Hall–Kier alpha value is -3.88. The fourth-order valence-electron chi connectivity index (χ4n) is 5.72. The molecule has 0 aliphatic carbocycles. The molecule has 8 heteroatoms. The summed E-state index contributed by atoms with van der Waals surface area (Å²) in [5, 5.41) is 14.8. The Labute approximate surface area is 228 Å². The molecule has 38 heavy (non-hydrogen) atoms. The van der Waals surface area contributed by atoms with E-state index in [-0.39, 0.29) is 17.8 Å². The molecule has 2 fully saturated rings. The van der Waals surface area contributed by atoms with Gasteiger partial charge in [-0.1, -0.05) is 18.2 Å². The van der Waals surface area contributed by atoms with Crippen molar-refractivity contribution in [2.24, 2.45) is 0 Å². The van der Waals surface area contributed by atoms with Crippen molar-refractivity contribution in [1.29, 1.82) is 0 Å². The number of morpholine rings is 1. The van der Waals surface area contributed by atoms with Crippen molar-refractivity contribution in [2.75, 3.05) is 36.1 Å². The van der Waals surface area contributed by atoms with E-state index in [9.17, 15) is 5.11 Å². The predicted octanol–water partition coefficient (Wildman–Crippen LogP) is 5.21. The van der Waals surface area contributed by atoms with Gasteiger partial charge in [-0.05, 0) is 86.2 Å². The van der Waals surface area contributed by atoms with Crippen LogP contribution in [-0.2, 0) is 4.74 Å². The standard InChI is InChI=1S/C30H31N5O2S/c1-20-19-24(21(2)34(20)23-12-10-22(11-13-23)33-15-17-37-18-16-33)29-28(25-7-5-6-14-31-25)32-30(38)35(29)26-8-3-4-9-27(26)36/h3-14,19,28-29,36H,15-18H2,1-2H3,(H,32,38)/t28-,29-/m1/s1. The summed E-state index contributed by atoms with van der Waals surface area (Å²) >= 11 is 5.84. The lowest BCUT2D eigenvalue weighted by Gasteiger charge is -2.29.